The minimum atomic E-state index is -1.55. The molecule has 0 unspecified atom stereocenters. The average Bonchev–Trinajstić information content (AvgIpc) is 3.09. The van der Waals surface area contributed by atoms with Gasteiger partial charge in [0.2, 0.25) is 11.2 Å². The van der Waals surface area contributed by atoms with E-state index in [0.29, 0.717) is 0 Å². The van der Waals surface area contributed by atoms with Crippen molar-refractivity contribution in [2.24, 2.45) is 7.05 Å². The van der Waals surface area contributed by atoms with Gasteiger partial charge in [-0.25, -0.2) is 9.41 Å². The number of fused-ring (bicyclic) bond motifs is 5. The molecule has 0 amide bonds. The minimum absolute atomic E-state index is 0.718. The molecule has 0 aliphatic rings. The Morgan fingerprint density at radius 1 is 0.938 bits per heavy atom. The van der Waals surface area contributed by atoms with Gasteiger partial charge in [-0.3, -0.25) is 0 Å². The molecule has 0 atom stereocenters. The van der Waals surface area contributed by atoms with Crippen LogP contribution in [0.2, 0.25) is 19.6 Å². The molecule has 32 heavy (non-hydrogen) atoms. The topological polar surface area (TPSA) is 12.6 Å². The van der Waals surface area contributed by atoms with Crippen LogP contribution < -0.4 is 9.75 Å². The van der Waals surface area contributed by atoms with E-state index in [1.165, 1.54) is 59.8 Å². The van der Waals surface area contributed by atoms with E-state index in [-0.39, 0.29) is 0 Å². The monoisotopic (exact) mass is 432 g/mol. The molecule has 3 heterocycles. The summed E-state index contributed by atoms with van der Waals surface area (Å²) in [6, 6.07) is 15.5. The zero-order valence-electron chi connectivity index (χ0n) is 19.5. The smallest absolute Gasteiger partial charge is 0.224 e. The maximum Gasteiger partial charge on any atom is 0.224 e. The normalized spacial score (nSPS) is 12.7. The van der Waals surface area contributed by atoms with E-state index in [1.807, 2.05) is 12.1 Å². The second-order valence-electron chi connectivity index (χ2n) is 10.2. The lowest BCUT2D eigenvalue weighted by Crippen LogP contribution is -2.38. The quantitative estimate of drug-likeness (QED) is 0.0921. The first-order valence-corrected chi connectivity index (χ1v) is 14.6. The third-order valence-electron chi connectivity index (χ3n) is 7.25. The van der Waals surface area contributed by atoms with Crippen molar-refractivity contribution in [1.82, 2.24) is 4.40 Å². The Kier molecular flexibility index (Phi) is 3.67. The highest BCUT2D eigenvalue weighted by Gasteiger charge is 2.27. The van der Waals surface area contributed by atoms with E-state index < -0.39 is 8.07 Å². The van der Waals surface area contributed by atoms with Crippen molar-refractivity contribution in [1.29, 1.82) is 0 Å². The van der Waals surface area contributed by atoms with Gasteiger partial charge < -0.3 is 4.40 Å². The summed E-state index contributed by atoms with van der Waals surface area (Å²) in [7, 11) is 0.605. The van der Waals surface area contributed by atoms with E-state index in [0.717, 1.165) is 11.2 Å². The molecule has 0 spiro atoms. The first-order valence-electron chi connectivity index (χ1n) is 11.1. The summed E-state index contributed by atoms with van der Waals surface area (Å²) in [5.41, 5.74) is 8.10. The van der Waals surface area contributed by atoms with Gasteiger partial charge in [0.25, 0.3) is 0 Å². The lowest BCUT2D eigenvalue weighted by molar-refractivity contribution is -0.643. The summed E-state index contributed by atoms with van der Waals surface area (Å²) >= 11 is 0. The van der Waals surface area contributed by atoms with Gasteiger partial charge in [-0.15, -0.1) is 0 Å². The van der Waals surface area contributed by atoms with E-state index in [2.05, 4.69) is 90.9 Å². The first kappa shape index (κ1) is 19.3. The lowest BCUT2D eigenvalue weighted by atomic mass is 9.96. The maximum absolute atomic E-state index is 7.91. The van der Waals surface area contributed by atoms with E-state index >= 15 is 0 Å². The molecule has 0 bridgehead atoms. The van der Waals surface area contributed by atoms with Gasteiger partial charge in [0, 0.05) is 11.5 Å². The molecule has 0 saturated heterocycles. The van der Waals surface area contributed by atoms with Gasteiger partial charge >= 0.3 is 0 Å². The van der Waals surface area contributed by atoms with E-state index in [4.69, 9.17) is 6.57 Å². The number of benzene rings is 3. The number of hydrogen-bond donors (Lipinski definition) is 0. The number of pyridine rings is 2. The molecular formula is C28H26N3Si+. The van der Waals surface area contributed by atoms with Crippen LogP contribution in [0.1, 0.15) is 11.1 Å². The highest BCUT2D eigenvalue weighted by molar-refractivity contribution is 6.89. The third-order valence-corrected chi connectivity index (χ3v) is 9.27. The summed E-state index contributed by atoms with van der Waals surface area (Å²) in [6.07, 6.45) is 2.20. The molecule has 4 heteroatoms. The van der Waals surface area contributed by atoms with Crippen molar-refractivity contribution in [3.63, 3.8) is 0 Å². The Morgan fingerprint density at radius 2 is 1.72 bits per heavy atom. The second kappa shape index (κ2) is 6.09. The Morgan fingerprint density at radius 3 is 2.44 bits per heavy atom. The Balaban J connectivity index is 2.11. The fourth-order valence-electron chi connectivity index (χ4n) is 5.45. The van der Waals surface area contributed by atoms with Crippen LogP contribution in [0.25, 0.3) is 53.8 Å². The van der Waals surface area contributed by atoms with Gasteiger partial charge in [0.05, 0.1) is 42.0 Å². The second-order valence-corrected chi connectivity index (χ2v) is 15.3. The van der Waals surface area contributed by atoms with Crippen LogP contribution in [-0.2, 0) is 7.05 Å². The Bertz CT molecular complexity index is 1790. The zero-order chi connectivity index (χ0) is 22.5. The fraction of sp³-hybridized carbons (Fsp3) is 0.214. The largest absolute Gasteiger partial charge is 0.317 e. The molecule has 0 N–H and O–H groups in total. The van der Waals surface area contributed by atoms with Crippen LogP contribution in [0, 0.1) is 20.4 Å². The van der Waals surface area contributed by atoms with Crippen LogP contribution in [0.4, 0.5) is 5.69 Å². The van der Waals surface area contributed by atoms with Gasteiger partial charge in [0.15, 0.2) is 6.20 Å². The molecule has 0 fully saturated rings. The van der Waals surface area contributed by atoms with Crippen molar-refractivity contribution < 1.29 is 4.57 Å². The molecule has 3 aromatic heterocycles. The van der Waals surface area contributed by atoms with Crippen LogP contribution >= 0.6 is 0 Å². The Labute approximate surface area is 188 Å². The molecule has 3 aromatic carbocycles. The van der Waals surface area contributed by atoms with Gasteiger partial charge in [-0.2, -0.15) is 0 Å². The number of aryl methyl sites for hydroxylation is 3. The van der Waals surface area contributed by atoms with E-state index in [1.54, 1.807) is 0 Å². The summed E-state index contributed by atoms with van der Waals surface area (Å²) in [5.74, 6) is 0. The third kappa shape index (κ3) is 2.27. The molecule has 0 aliphatic carbocycles. The molecular weight excluding hydrogens is 406 g/mol. The van der Waals surface area contributed by atoms with Crippen LogP contribution in [-0.4, -0.2) is 12.5 Å². The van der Waals surface area contributed by atoms with Crippen molar-refractivity contribution in [2.75, 3.05) is 0 Å². The maximum atomic E-state index is 7.91. The molecule has 3 nitrogen and oxygen atoms in total. The summed E-state index contributed by atoms with van der Waals surface area (Å²) in [4.78, 5) is 3.94. The standard InChI is InChI=1S/C28H26N3Si/c1-16-13-21-20-9-8-10-22(29-3)26(20)31-23-15-19(32(5,6)7)14-18-11-12-30(4)28(25(18)23)24(17(16)2)27(21)31/h8-15H,1-2,4-7H3/q+1. The molecule has 156 valence electrons. The van der Waals surface area contributed by atoms with E-state index in [9.17, 15) is 0 Å². The van der Waals surface area contributed by atoms with Crippen LogP contribution in [0.15, 0.2) is 48.7 Å². The van der Waals surface area contributed by atoms with Gasteiger partial charge in [-0.1, -0.05) is 49.1 Å². The molecule has 0 radical (unpaired) electrons. The van der Waals surface area contributed by atoms with Crippen molar-refractivity contribution in [2.45, 2.75) is 33.5 Å². The van der Waals surface area contributed by atoms with Crippen molar-refractivity contribution in [3.05, 3.63) is 71.2 Å². The molecule has 0 saturated carbocycles. The number of para-hydroxylation sites is 1. The summed E-state index contributed by atoms with van der Waals surface area (Å²) < 4.78 is 4.68. The number of hydrogen-bond acceptors (Lipinski definition) is 0. The van der Waals surface area contributed by atoms with Crippen LogP contribution in [0.3, 0.4) is 0 Å². The molecule has 0 aliphatic heterocycles. The summed E-state index contributed by atoms with van der Waals surface area (Å²) in [5, 5.41) is 7.73. The number of aromatic nitrogens is 2. The predicted octanol–water partition coefficient (Wildman–Crippen LogP) is 6.53. The predicted molar refractivity (Wildman–Crippen MR) is 138 cm³/mol. The van der Waals surface area contributed by atoms with Crippen LogP contribution in [0.5, 0.6) is 0 Å². The van der Waals surface area contributed by atoms with Gasteiger partial charge in [0.1, 0.15) is 7.05 Å². The lowest BCUT2D eigenvalue weighted by Gasteiger charge is -2.20. The molecule has 6 rings (SSSR count). The summed E-state index contributed by atoms with van der Waals surface area (Å²) in [6.45, 7) is 19.6. The highest BCUT2D eigenvalue weighted by atomic mass is 28.3. The van der Waals surface area contributed by atoms with Crippen molar-refractivity contribution >= 4 is 67.9 Å². The first-order chi connectivity index (χ1) is 15.2. The number of rotatable bonds is 1. The zero-order valence-corrected chi connectivity index (χ0v) is 20.5. The minimum Gasteiger partial charge on any atom is -0.317 e. The highest BCUT2D eigenvalue weighted by Crippen LogP contribution is 2.43. The number of nitrogens with zero attached hydrogens (tertiary/aromatic N) is 3. The fourth-order valence-corrected chi connectivity index (χ4v) is 6.61. The Hall–Kier alpha value is -3.42. The average molecular weight is 433 g/mol. The SMILES string of the molecule is [C-]#[N+]c1cccc2c3cc(C)c(C)c4c3n(c3cc([Si](C)(C)C)cc5cc[n+](C)c4c53)c12. The molecule has 6 aromatic rings. The van der Waals surface area contributed by atoms with Crippen molar-refractivity contribution in [3.8, 4) is 0 Å². The van der Waals surface area contributed by atoms with Gasteiger partial charge in [-0.05, 0) is 47.9 Å².